The Morgan fingerprint density at radius 2 is 2.17 bits per heavy atom. The highest BCUT2D eigenvalue weighted by atomic mass is 32.1. The van der Waals surface area contributed by atoms with Gasteiger partial charge < -0.3 is 9.80 Å². The molecule has 128 valence electrons. The molecule has 2 heterocycles. The third-order valence-electron chi connectivity index (χ3n) is 4.75. The van der Waals surface area contributed by atoms with E-state index in [2.05, 4.69) is 40.2 Å². The predicted octanol–water partition coefficient (Wildman–Crippen LogP) is 3.23. The quantitative estimate of drug-likeness (QED) is 0.836. The molecule has 0 radical (unpaired) electrons. The van der Waals surface area contributed by atoms with Gasteiger partial charge in [0, 0.05) is 31.6 Å². The number of aromatic nitrogens is 1. The van der Waals surface area contributed by atoms with Crippen molar-refractivity contribution in [2.45, 2.75) is 32.2 Å². The van der Waals surface area contributed by atoms with Gasteiger partial charge in [-0.25, -0.2) is 4.98 Å². The van der Waals surface area contributed by atoms with Crippen LogP contribution in [-0.2, 0) is 6.42 Å². The van der Waals surface area contributed by atoms with E-state index in [1.165, 1.54) is 16.9 Å². The van der Waals surface area contributed by atoms with Crippen molar-refractivity contribution in [3.05, 3.63) is 52.0 Å². The Kier molecular flexibility index (Phi) is 5.63. The summed E-state index contributed by atoms with van der Waals surface area (Å²) in [6.07, 6.45) is 3.29. The number of piperidine rings is 1. The SMILES string of the molecule is Cc1nc(C(=O)N(C)C2CCCN(CCc3ccccc3)C2)cs1. The van der Waals surface area contributed by atoms with Crippen LogP contribution >= 0.6 is 11.3 Å². The highest BCUT2D eigenvalue weighted by molar-refractivity contribution is 7.09. The maximum atomic E-state index is 12.6. The number of nitrogens with zero attached hydrogens (tertiary/aromatic N) is 3. The van der Waals surface area contributed by atoms with E-state index >= 15 is 0 Å². The Morgan fingerprint density at radius 3 is 2.88 bits per heavy atom. The van der Waals surface area contributed by atoms with Gasteiger partial charge in [-0.15, -0.1) is 11.3 Å². The smallest absolute Gasteiger partial charge is 0.273 e. The number of aryl methyl sites for hydroxylation is 1. The van der Waals surface area contributed by atoms with Crippen LogP contribution in [0.4, 0.5) is 0 Å². The molecule has 1 aromatic heterocycles. The topological polar surface area (TPSA) is 36.4 Å². The van der Waals surface area contributed by atoms with Crippen LogP contribution in [0.25, 0.3) is 0 Å². The van der Waals surface area contributed by atoms with Crippen LogP contribution in [0.1, 0.15) is 33.9 Å². The first-order valence-corrected chi connectivity index (χ1v) is 9.47. The van der Waals surface area contributed by atoms with Crippen molar-refractivity contribution in [2.24, 2.45) is 0 Å². The number of hydrogen-bond acceptors (Lipinski definition) is 4. The van der Waals surface area contributed by atoms with E-state index in [9.17, 15) is 4.79 Å². The largest absolute Gasteiger partial charge is 0.336 e. The minimum atomic E-state index is 0.0502. The molecule has 3 rings (SSSR count). The summed E-state index contributed by atoms with van der Waals surface area (Å²) < 4.78 is 0. The summed E-state index contributed by atoms with van der Waals surface area (Å²) in [6, 6.07) is 10.9. The summed E-state index contributed by atoms with van der Waals surface area (Å²) in [4.78, 5) is 21.3. The Hall–Kier alpha value is -1.72. The van der Waals surface area contributed by atoms with Crippen LogP contribution in [-0.4, -0.2) is 53.4 Å². The van der Waals surface area contributed by atoms with Crippen molar-refractivity contribution in [1.82, 2.24) is 14.8 Å². The predicted molar refractivity (Wildman–Crippen MR) is 98.6 cm³/mol. The third-order valence-corrected chi connectivity index (χ3v) is 5.52. The minimum Gasteiger partial charge on any atom is -0.336 e. The average Bonchev–Trinajstić information content (AvgIpc) is 3.06. The first-order chi connectivity index (χ1) is 11.6. The van der Waals surface area contributed by atoms with Crippen molar-refractivity contribution in [2.75, 3.05) is 26.7 Å². The molecule has 4 nitrogen and oxygen atoms in total. The summed E-state index contributed by atoms with van der Waals surface area (Å²) in [5, 5.41) is 2.81. The lowest BCUT2D eigenvalue weighted by Crippen LogP contribution is -2.49. The van der Waals surface area contributed by atoms with Gasteiger partial charge in [0.05, 0.1) is 5.01 Å². The molecule has 0 aliphatic carbocycles. The van der Waals surface area contributed by atoms with Crippen molar-refractivity contribution < 1.29 is 4.79 Å². The molecule has 24 heavy (non-hydrogen) atoms. The Morgan fingerprint density at radius 1 is 1.38 bits per heavy atom. The monoisotopic (exact) mass is 343 g/mol. The van der Waals surface area contributed by atoms with Gasteiger partial charge in [0.15, 0.2) is 0 Å². The fourth-order valence-electron chi connectivity index (χ4n) is 3.29. The Balaban J connectivity index is 1.55. The molecule has 1 saturated heterocycles. The zero-order valence-electron chi connectivity index (χ0n) is 14.4. The van der Waals surface area contributed by atoms with Crippen LogP contribution < -0.4 is 0 Å². The fraction of sp³-hybridized carbons (Fsp3) is 0.474. The lowest BCUT2D eigenvalue weighted by molar-refractivity contribution is 0.0614. The molecule has 1 unspecified atom stereocenters. The van der Waals surface area contributed by atoms with E-state index < -0.39 is 0 Å². The normalized spacial score (nSPS) is 18.5. The van der Waals surface area contributed by atoms with E-state index in [4.69, 9.17) is 0 Å². The van der Waals surface area contributed by atoms with Gasteiger partial charge in [0.2, 0.25) is 0 Å². The zero-order chi connectivity index (χ0) is 16.9. The first kappa shape index (κ1) is 17.1. The van der Waals surface area contributed by atoms with Crippen molar-refractivity contribution >= 4 is 17.2 Å². The number of benzene rings is 1. The molecule has 0 bridgehead atoms. The molecule has 0 N–H and O–H groups in total. The van der Waals surface area contributed by atoms with E-state index in [0.717, 1.165) is 43.9 Å². The number of amides is 1. The highest BCUT2D eigenvalue weighted by Gasteiger charge is 2.27. The standard InChI is InChI=1S/C19H25N3OS/c1-15-20-18(14-24-15)19(23)21(2)17-9-6-11-22(13-17)12-10-16-7-4-3-5-8-16/h3-5,7-8,14,17H,6,9-13H2,1-2H3. The number of carbonyl (C=O) groups is 1. The molecule has 1 amide bonds. The number of thiazole rings is 1. The molecule has 0 saturated carbocycles. The second kappa shape index (κ2) is 7.90. The number of likely N-dealkylation sites (tertiary alicyclic amines) is 1. The van der Waals surface area contributed by atoms with Crippen LogP contribution in [0, 0.1) is 6.92 Å². The number of carbonyl (C=O) groups excluding carboxylic acids is 1. The summed E-state index contributed by atoms with van der Waals surface area (Å²) >= 11 is 1.53. The third kappa shape index (κ3) is 4.22. The second-order valence-electron chi connectivity index (χ2n) is 6.50. The molecular formula is C19H25N3OS. The van der Waals surface area contributed by atoms with Gasteiger partial charge in [-0.05, 0) is 38.3 Å². The average molecular weight is 343 g/mol. The van der Waals surface area contributed by atoms with Gasteiger partial charge in [0.25, 0.3) is 5.91 Å². The highest BCUT2D eigenvalue weighted by Crippen LogP contribution is 2.18. The number of rotatable bonds is 5. The van der Waals surface area contributed by atoms with E-state index in [1.807, 2.05) is 24.3 Å². The van der Waals surface area contributed by atoms with Gasteiger partial charge in [-0.1, -0.05) is 30.3 Å². The zero-order valence-corrected chi connectivity index (χ0v) is 15.3. The Bertz CT molecular complexity index is 670. The van der Waals surface area contributed by atoms with Crippen molar-refractivity contribution in [1.29, 1.82) is 0 Å². The Labute approximate surface area is 148 Å². The molecule has 1 aliphatic rings. The van der Waals surface area contributed by atoms with Crippen molar-refractivity contribution in [3.8, 4) is 0 Å². The van der Waals surface area contributed by atoms with Crippen LogP contribution in [0.3, 0.4) is 0 Å². The molecule has 1 fully saturated rings. The number of likely N-dealkylation sites (N-methyl/N-ethyl adjacent to an activating group) is 1. The van der Waals surface area contributed by atoms with E-state index in [-0.39, 0.29) is 11.9 Å². The molecular weight excluding hydrogens is 318 g/mol. The summed E-state index contributed by atoms with van der Waals surface area (Å²) in [5.41, 5.74) is 1.96. The summed E-state index contributed by atoms with van der Waals surface area (Å²) in [6.45, 7) is 5.07. The maximum Gasteiger partial charge on any atom is 0.273 e. The van der Waals surface area contributed by atoms with E-state index in [1.54, 1.807) is 0 Å². The number of hydrogen-bond donors (Lipinski definition) is 0. The van der Waals surface area contributed by atoms with Gasteiger partial charge in [0.1, 0.15) is 5.69 Å². The van der Waals surface area contributed by atoms with Gasteiger partial charge in [-0.3, -0.25) is 4.79 Å². The van der Waals surface area contributed by atoms with Crippen LogP contribution in [0.5, 0.6) is 0 Å². The van der Waals surface area contributed by atoms with Crippen LogP contribution in [0.15, 0.2) is 35.7 Å². The minimum absolute atomic E-state index is 0.0502. The lowest BCUT2D eigenvalue weighted by Gasteiger charge is -2.37. The first-order valence-electron chi connectivity index (χ1n) is 8.59. The van der Waals surface area contributed by atoms with Gasteiger partial charge in [-0.2, -0.15) is 0 Å². The molecule has 1 atom stereocenters. The molecule has 1 aliphatic heterocycles. The molecule has 0 spiro atoms. The summed E-state index contributed by atoms with van der Waals surface area (Å²) in [5.74, 6) is 0.0502. The summed E-state index contributed by atoms with van der Waals surface area (Å²) in [7, 11) is 1.92. The van der Waals surface area contributed by atoms with E-state index in [0.29, 0.717) is 5.69 Å². The molecule has 2 aromatic rings. The molecule has 5 heteroatoms. The van der Waals surface area contributed by atoms with Crippen LogP contribution in [0.2, 0.25) is 0 Å². The lowest BCUT2D eigenvalue weighted by atomic mass is 10.0. The van der Waals surface area contributed by atoms with Crippen molar-refractivity contribution in [3.63, 3.8) is 0 Å². The fourth-order valence-corrected chi connectivity index (χ4v) is 3.88. The van der Waals surface area contributed by atoms with Gasteiger partial charge >= 0.3 is 0 Å². The second-order valence-corrected chi connectivity index (χ2v) is 7.56. The maximum absolute atomic E-state index is 12.6. The molecule has 1 aromatic carbocycles.